The minimum atomic E-state index is -0.495. The number of nitrogens with one attached hydrogen (secondary N) is 1. The summed E-state index contributed by atoms with van der Waals surface area (Å²) in [7, 11) is 0. The van der Waals surface area contributed by atoms with E-state index in [0.717, 1.165) is 35.8 Å². The molecule has 0 radical (unpaired) electrons. The third kappa shape index (κ3) is 4.97. The molecule has 3 heterocycles. The Morgan fingerprint density at radius 1 is 1.14 bits per heavy atom. The summed E-state index contributed by atoms with van der Waals surface area (Å²) in [6.45, 7) is 4.37. The summed E-state index contributed by atoms with van der Waals surface area (Å²) < 4.78 is 0. The van der Waals surface area contributed by atoms with Crippen LogP contribution in [0.1, 0.15) is 35.9 Å². The second kappa shape index (κ2) is 9.59. The highest BCUT2D eigenvalue weighted by atomic mass is 32.1. The van der Waals surface area contributed by atoms with Crippen LogP contribution < -0.4 is 5.32 Å². The van der Waals surface area contributed by atoms with Gasteiger partial charge in [-0.2, -0.15) is 5.26 Å². The van der Waals surface area contributed by atoms with Gasteiger partial charge in [-0.25, -0.2) is 15.0 Å². The Hall–Kier alpha value is -2.82. The second-order valence-corrected chi connectivity index (χ2v) is 8.02. The summed E-state index contributed by atoms with van der Waals surface area (Å²) in [5.74, 6) is 0.0784. The van der Waals surface area contributed by atoms with Crippen molar-refractivity contribution in [3.63, 3.8) is 0 Å². The van der Waals surface area contributed by atoms with E-state index in [1.807, 2.05) is 35.7 Å². The number of nitriles is 1. The third-order valence-corrected chi connectivity index (χ3v) is 5.98. The van der Waals surface area contributed by atoms with Gasteiger partial charge in [-0.05, 0) is 45.0 Å². The van der Waals surface area contributed by atoms with E-state index in [2.05, 4.69) is 31.2 Å². The average Bonchev–Trinajstić information content (AvgIpc) is 3.45. The molecule has 6 nitrogen and oxygen atoms in total. The number of aromatic nitrogens is 3. The van der Waals surface area contributed by atoms with Gasteiger partial charge in [0.2, 0.25) is 5.95 Å². The van der Waals surface area contributed by atoms with E-state index in [1.54, 1.807) is 12.3 Å². The molecule has 2 aromatic heterocycles. The van der Waals surface area contributed by atoms with Crippen molar-refractivity contribution in [3.05, 3.63) is 58.7 Å². The van der Waals surface area contributed by atoms with Gasteiger partial charge in [-0.1, -0.05) is 30.3 Å². The molecule has 1 unspecified atom stereocenters. The van der Waals surface area contributed by atoms with Crippen LogP contribution in [-0.4, -0.2) is 46.0 Å². The van der Waals surface area contributed by atoms with Gasteiger partial charge in [0.15, 0.2) is 0 Å². The van der Waals surface area contributed by atoms with Crippen LogP contribution in [0.5, 0.6) is 0 Å². The van der Waals surface area contributed by atoms with Gasteiger partial charge >= 0.3 is 0 Å². The Kier molecular flexibility index (Phi) is 6.45. The van der Waals surface area contributed by atoms with E-state index < -0.39 is 5.92 Å². The number of hydrogen-bond acceptors (Lipinski definition) is 7. The Bertz CT molecular complexity index is 959. The normalized spacial score (nSPS) is 15.1. The first-order valence-electron chi connectivity index (χ1n) is 10.0. The molecular weight excluding hydrogens is 380 g/mol. The number of anilines is 1. The molecule has 1 fully saturated rings. The maximum absolute atomic E-state index is 9.77. The van der Waals surface area contributed by atoms with Crippen molar-refractivity contribution in [1.29, 1.82) is 5.26 Å². The van der Waals surface area contributed by atoms with E-state index >= 15 is 0 Å². The first-order valence-corrected chi connectivity index (χ1v) is 10.9. The standard InChI is InChI=1S/C22H24N6S/c23-15-18(21-26-20(16-29-21)17-7-2-1-3-8-17)19-9-11-25-22(27-19)24-10-6-14-28-12-4-5-13-28/h1-3,7-9,11,16,18H,4-6,10,12-14H2,(H,24,25,27). The van der Waals surface area contributed by atoms with Crippen molar-refractivity contribution in [2.24, 2.45) is 0 Å². The summed E-state index contributed by atoms with van der Waals surface area (Å²) in [4.78, 5) is 16.1. The number of thiazole rings is 1. The molecule has 0 aliphatic carbocycles. The molecule has 4 rings (SSSR count). The Labute approximate surface area is 175 Å². The van der Waals surface area contributed by atoms with Gasteiger partial charge in [0, 0.05) is 23.7 Å². The molecule has 1 atom stereocenters. The van der Waals surface area contributed by atoms with Gasteiger partial charge in [-0.15, -0.1) is 11.3 Å². The van der Waals surface area contributed by atoms with Crippen LogP contribution in [0.3, 0.4) is 0 Å². The number of benzene rings is 1. The maximum atomic E-state index is 9.77. The molecule has 1 aromatic carbocycles. The summed E-state index contributed by atoms with van der Waals surface area (Å²) in [5, 5.41) is 15.8. The van der Waals surface area contributed by atoms with Crippen molar-refractivity contribution < 1.29 is 0 Å². The zero-order valence-corrected chi connectivity index (χ0v) is 17.1. The fourth-order valence-corrected chi connectivity index (χ4v) is 4.42. The van der Waals surface area contributed by atoms with Crippen LogP contribution in [0, 0.1) is 11.3 Å². The van der Waals surface area contributed by atoms with Gasteiger partial charge < -0.3 is 10.2 Å². The molecule has 0 bridgehead atoms. The summed E-state index contributed by atoms with van der Waals surface area (Å²) in [6.07, 6.45) is 5.40. The monoisotopic (exact) mass is 404 g/mol. The molecule has 1 aliphatic rings. The van der Waals surface area contributed by atoms with Crippen LogP contribution in [-0.2, 0) is 0 Å². The molecular formula is C22H24N6S. The average molecular weight is 405 g/mol. The van der Waals surface area contributed by atoms with Crippen LogP contribution in [0.15, 0.2) is 48.0 Å². The van der Waals surface area contributed by atoms with Crippen LogP contribution in [0.2, 0.25) is 0 Å². The number of nitrogens with zero attached hydrogens (tertiary/aromatic N) is 5. The van der Waals surface area contributed by atoms with Crippen molar-refractivity contribution >= 4 is 17.3 Å². The van der Waals surface area contributed by atoms with Crippen molar-refractivity contribution in [3.8, 4) is 17.3 Å². The van der Waals surface area contributed by atoms with E-state index in [9.17, 15) is 5.26 Å². The predicted molar refractivity (Wildman–Crippen MR) is 116 cm³/mol. The maximum Gasteiger partial charge on any atom is 0.222 e. The van der Waals surface area contributed by atoms with Crippen LogP contribution >= 0.6 is 11.3 Å². The topological polar surface area (TPSA) is 77.7 Å². The molecule has 3 aromatic rings. The number of hydrogen-bond donors (Lipinski definition) is 1. The molecule has 148 valence electrons. The Morgan fingerprint density at radius 3 is 2.76 bits per heavy atom. The highest BCUT2D eigenvalue weighted by molar-refractivity contribution is 7.10. The fraction of sp³-hybridized carbons (Fsp3) is 0.364. The van der Waals surface area contributed by atoms with E-state index in [4.69, 9.17) is 0 Å². The molecule has 1 aliphatic heterocycles. The molecule has 1 N–H and O–H groups in total. The molecule has 0 saturated carbocycles. The van der Waals surface area contributed by atoms with Gasteiger partial charge in [0.25, 0.3) is 0 Å². The largest absolute Gasteiger partial charge is 0.354 e. The SMILES string of the molecule is N#CC(c1ccnc(NCCCN2CCCC2)n1)c1nc(-c2ccccc2)cs1. The van der Waals surface area contributed by atoms with Gasteiger partial charge in [0.1, 0.15) is 10.9 Å². The molecule has 0 spiro atoms. The number of likely N-dealkylation sites (tertiary alicyclic amines) is 1. The smallest absolute Gasteiger partial charge is 0.222 e. The molecule has 0 amide bonds. The van der Waals surface area contributed by atoms with Gasteiger partial charge in [-0.3, -0.25) is 0 Å². The van der Waals surface area contributed by atoms with E-state index in [1.165, 1.54) is 37.3 Å². The molecule has 7 heteroatoms. The Balaban J connectivity index is 1.41. The quantitative estimate of drug-likeness (QED) is 0.568. The highest BCUT2D eigenvalue weighted by Crippen LogP contribution is 2.29. The highest BCUT2D eigenvalue weighted by Gasteiger charge is 2.20. The minimum absolute atomic E-state index is 0.495. The third-order valence-electron chi connectivity index (χ3n) is 5.07. The van der Waals surface area contributed by atoms with Crippen molar-refractivity contribution in [2.45, 2.75) is 25.2 Å². The summed E-state index contributed by atoms with van der Waals surface area (Å²) in [6, 6.07) is 14.2. The van der Waals surface area contributed by atoms with Crippen molar-refractivity contribution in [2.75, 3.05) is 31.5 Å². The first kappa shape index (κ1) is 19.5. The Morgan fingerprint density at radius 2 is 1.97 bits per heavy atom. The zero-order chi connectivity index (χ0) is 19.9. The predicted octanol–water partition coefficient (Wildman–Crippen LogP) is 4.15. The lowest BCUT2D eigenvalue weighted by Gasteiger charge is -2.14. The molecule has 29 heavy (non-hydrogen) atoms. The lowest BCUT2D eigenvalue weighted by atomic mass is 10.1. The van der Waals surface area contributed by atoms with Crippen LogP contribution in [0.25, 0.3) is 11.3 Å². The first-order chi connectivity index (χ1) is 14.3. The van der Waals surface area contributed by atoms with Gasteiger partial charge in [0.05, 0.1) is 17.5 Å². The molecule has 1 saturated heterocycles. The lowest BCUT2D eigenvalue weighted by molar-refractivity contribution is 0.337. The lowest BCUT2D eigenvalue weighted by Crippen LogP contribution is -2.22. The van der Waals surface area contributed by atoms with E-state index in [0.29, 0.717) is 11.6 Å². The number of rotatable bonds is 8. The summed E-state index contributed by atoms with van der Waals surface area (Å²) >= 11 is 1.49. The van der Waals surface area contributed by atoms with Crippen molar-refractivity contribution in [1.82, 2.24) is 19.9 Å². The second-order valence-electron chi connectivity index (χ2n) is 7.13. The summed E-state index contributed by atoms with van der Waals surface area (Å²) in [5.41, 5.74) is 2.62. The van der Waals surface area contributed by atoms with E-state index in [-0.39, 0.29) is 0 Å². The van der Waals surface area contributed by atoms with Crippen LogP contribution in [0.4, 0.5) is 5.95 Å². The minimum Gasteiger partial charge on any atom is -0.354 e. The fourth-order valence-electron chi connectivity index (χ4n) is 3.54. The zero-order valence-electron chi connectivity index (χ0n) is 16.3.